The predicted octanol–water partition coefficient (Wildman–Crippen LogP) is 1.83. The van der Waals surface area contributed by atoms with Gasteiger partial charge in [-0.2, -0.15) is 0 Å². The Balaban J connectivity index is 2.92. The van der Waals surface area contributed by atoms with Crippen LogP contribution in [0.1, 0.15) is 0 Å². The van der Waals surface area contributed by atoms with Crippen LogP contribution in [0.3, 0.4) is 0 Å². The Kier molecular flexibility index (Phi) is 1.77. The second-order valence-corrected chi connectivity index (χ2v) is 2.72. The number of fused-ring (bicyclic) bond motifs is 1. The van der Waals surface area contributed by atoms with Crippen molar-refractivity contribution >= 4 is 16.5 Å². The maximum atomic E-state index is 11.3. The Bertz CT molecular complexity index is 487. The molecule has 0 bridgehead atoms. The van der Waals surface area contributed by atoms with Crippen molar-refractivity contribution in [2.24, 2.45) is 0 Å². The van der Waals surface area contributed by atoms with Crippen LogP contribution < -0.4 is 10.9 Å². The highest BCUT2D eigenvalue weighted by Gasteiger charge is 2.01. The molecule has 1 N–H and O–H groups in total. The zero-order chi connectivity index (χ0) is 9.26. The summed E-state index contributed by atoms with van der Waals surface area (Å²) in [5.41, 5.74) is 0.639. The van der Waals surface area contributed by atoms with Crippen LogP contribution in [0, 0.1) is 0 Å². The molecule has 2 aromatic rings. The minimum Gasteiger partial charge on any atom is -0.431 e. The minimum absolute atomic E-state index is 0.297. The first-order chi connectivity index (χ1) is 6.33. The molecular weight excluding hydrogens is 166 g/mol. The maximum Gasteiger partial charge on any atom is 0.343 e. The number of benzene rings is 1. The molecule has 0 aliphatic carbocycles. The summed E-state index contributed by atoms with van der Waals surface area (Å²) in [6.45, 7) is 0. The van der Waals surface area contributed by atoms with Gasteiger partial charge in [-0.25, -0.2) is 4.79 Å². The fraction of sp³-hybridized carbons (Fsp3) is 0.100. The van der Waals surface area contributed by atoms with Crippen molar-refractivity contribution in [1.29, 1.82) is 0 Å². The lowest BCUT2D eigenvalue weighted by molar-refractivity contribution is 0.519. The summed E-state index contributed by atoms with van der Waals surface area (Å²) in [6.07, 6.45) is 1.41. The third-order valence-electron chi connectivity index (χ3n) is 2.01. The second-order valence-electron chi connectivity index (χ2n) is 2.72. The highest BCUT2D eigenvalue weighted by Crippen LogP contribution is 2.19. The van der Waals surface area contributed by atoms with E-state index in [1.54, 1.807) is 12.1 Å². The van der Waals surface area contributed by atoms with Crippen LogP contribution in [0.4, 0.5) is 5.69 Å². The van der Waals surface area contributed by atoms with Gasteiger partial charge in [0.2, 0.25) is 0 Å². The predicted molar refractivity (Wildman–Crippen MR) is 52.0 cm³/mol. The normalized spacial score (nSPS) is 10.2. The SMILES string of the molecule is CNc1cccc2c(=O)occc12. The van der Waals surface area contributed by atoms with Crippen LogP contribution in [0.15, 0.2) is 39.7 Å². The van der Waals surface area contributed by atoms with Gasteiger partial charge in [-0.05, 0) is 18.2 Å². The van der Waals surface area contributed by atoms with Crippen molar-refractivity contribution in [3.05, 3.63) is 40.9 Å². The Hall–Kier alpha value is -1.77. The lowest BCUT2D eigenvalue weighted by Crippen LogP contribution is -1.99. The maximum absolute atomic E-state index is 11.3. The van der Waals surface area contributed by atoms with E-state index in [-0.39, 0.29) is 5.63 Å². The molecule has 1 aromatic heterocycles. The topological polar surface area (TPSA) is 42.2 Å². The van der Waals surface area contributed by atoms with E-state index in [0.29, 0.717) is 5.39 Å². The van der Waals surface area contributed by atoms with E-state index < -0.39 is 0 Å². The fourth-order valence-corrected chi connectivity index (χ4v) is 1.37. The number of hydrogen-bond donors (Lipinski definition) is 1. The minimum atomic E-state index is -0.297. The Morgan fingerprint density at radius 2 is 2.08 bits per heavy atom. The number of hydrogen-bond acceptors (Lipinski definition) is 3. The van der Waals surface area contributed by atoms with Gasteiger partial charge in [0.25, 0.3) is 0 Å². The van der Waals surface area contributed by atoms with Gasteiger partial charge in [-0.3, -0.25) is 0 Å². The van der Waals surface area contributed by atoms with Gasteiger partial charge in [0.05, 0.1) is 11.6 Å². The fourth-order valence-electron chi connectivity index (χ4n) is 1.37. The smallest absolute Gasteiger partial charge is 0.343 e. The largest absolute Gasteiger partial charge is 0.431 e. The summed E-state index contributed by atoms with van der Waals surface area (Å²) in [6, 6.07) is 7.28. The molecule has 3 heteroatoms. The zero-order valence-electron chi connectivity index (χ0n) is 7.20. The van der Waals surface area contributed by atoms with E-state index in [0.717, 1.165) is 11.1 Å². The van der Waals surface area contributed by atoms with Gasteiger partial charge in [0.1, 0.15) is 0 Å². The average molecular weight is 175 g/mol. The standard InChI is InChI=1S/C10H9NO2/c1-11-9-4-2-3-8-7(9)5-6-13-10(8)12/h2-6,11H,1H3. The summed E-state index contributed by atoms with van der Waals surface area (Å²) in [7, 11) is 1.82. The third-order valence-corrected chi connectivity index (χ3v) is 2.01. The van der Waals surface area contributed by atoms with Crippen molar-refractivity contribution in [2.45, 2.75) is 0 Å². The molecule has 0 atom stereocenters. The Morgan fingerprint density at radius 1 is 1.23 bits per heavy atom. The molecule has 0 radical (unpaired) electrons. The van der Waals surface area contributed by atoms with Gasteiger partial charge in [0.15, 0.2) is 0 Å². The molecule has 13 heavy (non-hydrogen) atoms. The van der Waals surface area contributed by atoms with Crippen molar-refractivity contribution in [1.82, 2.24) is 0 Å². The molecule has 1 heterocycles. The van der Waals surface area contributed by atoms with Crippen LogP contribution in [-0.2, 0) is 0 Å². The Morgan fingerprint density at radius 3 is 2.85 bits per heavy atom. The monoisotopic (exact) mass is 175 g/mol. The number of nitrogens with one attached hydrogen (secondary N) is 1. The lowest BCUT2D eigenvalue weighted by Gasteiger charge is -2.02. The van der Waals surface area contributed by atoms with Crippen LogP contribution >= 0.6 is 0 Å². The summed E-state index contributed by atoms with van der Waals surface area (Å²) >= 11 is 0. The van der Waals surface area contributed by atoms with Crippen LogP contribution in [-0.4, -0.2) is 7.05 Å². The molecular formula is C10H9NO2. The van der Waals surface area contributed by atoms with E-state index in [2.05, 4.69) is 5.32 Å². The van der Waals surface area contributed by atoms with Crippen molar-refractivity contribution < 1.29 is 4.42 Å². The number of anilines is 1. The Labute approximate surface area is 75.0 Å². The summed E-state index contributed by atoms with van der Waals surface area (Å²) in [5.74, 6) is 0. The summed E-state index contributed by atoms with van der Waals surface area (Å²) < 4.78 is 4.76. The summed E-state index contributed by atoms with van der Waals surface area (Å²) in [5, 5.41) is 4.51. The van der Waals surface area contributed by atoms with E-state index in [1.165, 1.54) is 6.26 Å². The van der Waals surface area contributed by atoms with E-state index in [1.807, 2.05) is 19.2 Å². The highest BCUT2D eigenvalue weighted by atomic mass is 16.4. The van der Waals surface area contributed by atoms with E-state index in [9.17, 15) is 4.79 Å². The first kappa shape index (κ1) is 7.86. The molecule has 1 aromatic carbocycles. The van der Waals surface area contributed by atoms with Crippen molar-refractivity contribution in [2.75, 3.05) is 12.4 Å². The van der Waals surface area contributed by atoms with Crippen LogP contribution in [0.5, 0.6) is 0 Å². The molecule has 0 saturated carbocycles. The molecule has 0 aliphatic rings. The van der Waals surface area contributed by atoms with Gasteiger partial charge in [0, 0.05) is 18.1 Å². The van der Waals surface area contributed by atoms with Crippen molar-refractivity contribution in [3.63, 3.8) is 0 Å². The first-order valence-corrected chi connectivity index (χ1v) is 4.01. The van der Waals surface area contributed by atoms with Gasteiger partial charge >= 0.3 is 5.63 Å². The second kappa shape index (κ2) is 2.94. The quantitative estimate of drug-likeness (QED) is 0.719. The molecule has 66 valence electrons. The molecule has 0 unspecified atom stereocenters. The third kappa shape index (κ3) is 1.18. The van der Waals surface area contributed by atoms with E-state index in [4.69, 9.17) is 4.42 Å². The molecule has 0 aliphatic heterocycles. The van der Waals surface area contributed by atoms with Crippen LogP contribution in [0.2, 0.25) is 0 Å². The molecule has 3 nitrogen and oxygen atoms in total. The summed E-state index contributed by atoms with van der Waals surface area (Å²) in [4.78, 5) is 11.3. The van der Waals surface area contributed by atoms with E-state index >= 15 is 0 Å². The molecule has 0 saturated heterocycles. The van der Waals surface area contributed by atoms with Gasteiger partial charge in [-0.15, -0.1) is 0 Å². The number of rotatable bonds is 1. The lowest BCUT2D eigenvalue weighted by atomic mass is 10.1. The van der Waals surface area contributed by atoms with Crippen LogP contribution in [0.25, 0.3) is 10.8 Å². The average Bonchev–Trinajstić information content (AvgIpc) is 2.18. The highest BCUT2D eigenvalue weighted by molar-refractivity contribution is 5.92. The van der Waals surface area contributed by atoms with Gasteiger partial charge in [-0.1, -0.05) is 6.07 Å². The zero-order valence-corrected chi connectivity index (χ0v) is 7.20. The van der Waals surface area contributed by atoms with Crippen molar-refractivity contribution in [3.8, 4) is 0 Å². The first-order valence-electron chi connectivity index (χ1n) is 4.01. The molecule has 0 spiro atoms. The molecule has 2 rings (SSSR count). The molecule has 0 amide bonds. The van der Waals surface area contributed by atoms with Gasteiger partial charge < -0.3 is 9.73 Å². The molecule has 0 fully saturated rings.